The minimum Gasteiger partial charge on any atom is -0.387 e. The van der Waals surface area contributed by atoms with Crippen molar-refractivity contribution in [3.8, 4) is 0 Å². The number of aliphatic hydroxyl groups is 1. The zero-order valence-electron chi connectivity index (χ0n) is 9.08. The third-order valence-electron chi connectivity index (χ3n) is 2.11. The van der Waals surface area contributed by atoms with Gasteiger partial charge in [0.15, 0.2) is 0 Å². The summed E-state index contributed by atoms with van der Waals surface area (Å²) in [6.45, 7) is 0.112. The molecule has 94 valence electrons. The first-order chi connectivity index (χ1) is 7.80. The normalized spacial score (nSPS) is 13.2. The number of hydrogen-bond donors (Lipinski definition) is 2. The van der Waals surface area contributed by atoms with Crippen LogP contribution in [0, 0.1) is 5.82 Å². The maximum absolute atomic E-state index is 12.6. The summed E-state index contributed by atoms with van der Waals surface area (Å²) in [7, 11) is 0. The Morgan fingerprint density at radius 3 is 2.41 bits per heavy atom. The fourth-order valence-corrected chi connectivity index (χ4v) is 1.15. The Labute approximate surface area is 96.3 Å². The Morgan fingerprint density at radius 2 is 1.94 bits per heavy atom. The van der Waals surface area contributed by atoms with Gasteiger partial charge in [-0.05, 0) is 17.7 Å². The SMILES string of the molecule is CC(F)(F)C(=O)NCC(O)c1ccc(F)cc1. The van der Waals surface area contributed by atoms with E-state index in [1.807, 2.05) is 5.32 Å². The molecule has 17 heavy (non-hydrogen) atoms. The van der Waals surface area contributed by atoms with E-state index in [1.165, 1.54) is 12.1 Å². The molecule has 1 aromatic carbocycles. The van der Waals surface area contributed by atoms with E-state index in [1.54, 1.807) is 0 Å². The fraction of sp³-hybridized carbons (Fsp3) is 0.364. The van der Waals surface area contributed by atoms with Crippen LogP contribution in [-0.4, -0.2) is 23.5 Å². The first-order valence-electron chi connectivity index (χ1n) is 4.90. The molecule has 2 N–H and O–H groups in total. The third kappa shape index (κ3) is 4.07. The van der Waals surface area contributed by atoms with Crippen LogP contribution < -0.4 is 5.32 Å². The number of halogens is 3. The molecule has 0 spiro atoms. The predicted octanol–water partition coefficient (Wildman–Crippen LogP) is 1.63. The largest absolute Gasteiger partial charge is 0.387 e. The molecule has 0 aliphatic carbocycles. The van der Waals surface area contributed by atoms with Gasteiger partial charge >= 0.3 is 5.92 Å². The average molecular weight is 247 g/mol. The van der Waals surface area contributed by atoms with Crippen LogP contribution in [0.15, 0.2) is 24.3 Å². The highest BCUT2D eigenvalue weighted by molar-refractivity contribution is 5.82. The second-order valence-corrected chi connectivity index (χ2v) is 3.67. The molecule has 1 atom stereocenters. The molecule has 0 aliphatic rings. The maximum atomic E-state index is 12.6. The Bertz CT molecular complexity index is 387. The van der Waals surface area contributed by atoms with Crippen LogP contribution in [0.2, 0.25) is 0 Å². The van der Waals surface area contributed by atoms with Gasteiger partial charge in [-0.3, -0.25) is 4.79 Å². The van der Waals surface area contributed by atoms with Crippen molar-refractivity contribution in [2.75, 3.05) is 6.54 Å². The Kier molecular flexibility index (Phi) is 4.11. The maximum Gasteiger partial charge on any atom is 0.321 e. The van der Waals surface area contributed by atoms with E-state index in [-0.39, 0.29) is 6.54 Å². The molecule has 6 heteroatoms. The Balaban J connectivity index is 2.53. The van der Waals surface area contributed by atoms with Gasteiger partial charge in [0.25, 0.3) is 5.91 Å². The molecule has 1 aromatic rings. The molecule has 0 aliphatic heterocycles. The van der Waals surface area contributed by atoms with Crippen molar-refractivity contribution in [1.29, 1.82) is 0 Å². The van der Waals surface area contributed by atoms with Crippen molar-refractivity contribution in [2.45, 2.75) is 19.0 Å². The predicted molar refractivity (Wildman–Crippen MR) is 55.0 cm³/mol. The number of amides is 1. The van der Waals surface area contributed by atoms with Gasteiger partial charge in [0.05, 0.1) is 6.10 Å². The summed E-state index contributed by atoms with van der Waals surface area (Å²) in [5.41, 5.74) is 0.339. The van der Waals surface area contributed by atoms with Crippen molar-refractivity contribution in [2.24, 2.45) is 0 Å². The van der Waals surface area contributed by atoms with Crippen LogP contribution in [-0.2, 0) is 4.79 Å². The van der Waals surface area contributed by atoms with E-state index in [2.05, 4.69) is 0 Å². The second kappa shape index (κ2) is 5.18. The summed E-state index contributed by atoms with van der Waals surface area (Å²) in [5.74, 6) is -5.41. The first-order valence-corrected chi connectivity index (χ1v) is 4.90. The Hall–Kier alpha value is -1.56. The third-order valence-corrected chi connectivity index (χ3v) is 2.11. The van der Waals surface area contributed by atoms with Crippen molar-refractivity contribution < 1.29 is 23.1 Å². The zero-order chi connectivity index (χ0) is 13.1. The van der Waals surface area contributed by atoms with Gasteiger partial charge in [0, 0.05) is 13.5 Å². The van der Waals surface area contributed by atoms with E-state index in [4.69, 9.17) is 0 Å². The molecule has 0 radical (unpaired) electrons. The smallest absolute Gasteiger partial charge is 0.321 e. The van der Waals surface area contributed by atoms with Crippen molar-refractivity contribution in [3.63, 3.8) is 0 Å². The van der Waals surface area contributed by atoms with Crippen molar-refractivity contribution in [1.82, 2.24) is 5.32 Å². The number of carbonyl (C=O) groups is 1. The summed E-state index contributed by atoms with van der Waals surface area (Å²) >= 11 is 0. The number of benzene rings is 1. The molecule has 0 bridgehead atoms. The second-order valence-electron chi connectivity index (χ2n) is 3.67. The number of hydrogen-bond acceptors (Lipinski definition) is 2. The van der Waals surface area contributed by atoms with Gasteiger partial charge in [0.2, 0.25) is 0 Å². The number of carbonyl (C=O) groups excluding carboxylic acids is 1. The van der Waals surface area contributed by atoms with Crippen molar-refractivity contribution in [3.05, 3.63) is 35.6 Å². The first kappa shape index (κ1) is 13.5. The average Bonchev–Trinajstić information content (AvgIpc) is 2.25. The lowest BCUT2D eigenvalue weighted by atomic mass is 10.1. The van der Waals surface area contributed by atoms with Gasteiger partial charge in [-0.15, -0.1) is 0 Å². The summed E-state index contributed by atoms with van der Waals surface area (Å²) < 4.78 is 37.5. The van der Waals surface area contributed by atoms with Gasteiger partial charge in [-0.1, -0.05) is 12.1 Å². The number of aliphatic hydroxyl groups excluding tert-OH is 1. The zero-order valence-corrected chi connectivity index (χ0v) is 9.08. The highest BCUT2D eigenvalue weighted by atomic mass is 19.3. The quantitative estimate of drug-likeness (QED) is 0.849. The molecule has 0 fully saturated rings. The molecule has 0 saturated heterocycles. The molecule has 0 heterocycles. The van der Waals surface area contributed by atoms with Gasteiger partial charge in [0.1, 0.15) is 5.82 Å². The summed E-state index contributed by atoms with van der Waals surface area (Å²) in [6.07, 6.45) is -1.15. The molecule has 1 amide bonds. The number of rotatable bonds is 4. The minimum atomic E-state index is -3.48. The van der Waals surface area contributed by atoms with E-state index in [0.717, 1.165) is 12.1 Å². The van der Waals surface area contributed by atoms with Crippen molar-refractivity contribution >= 4 is 5.91 Å². The fourth-order valence-electron chi connectivity index (χ4n) is 1.15. The molecular formula is C11H12F3NO2. The lowest BCUT2D eigenvalue weighted by Crippen LogP contribution is -2.39. The highest BCUT2D eigenvalue weighted by Gasteiger charge is 2.32. The number of nitrogens with one attached hydrogen (secondary N) is 1. The van der Waals surface area contributed by atoms with Crippen LogP contribution in [0.3, 0.4) is 0 Å². The molecule has 3 nitrogen and oxygen atoms in total. The van der Waals surface area contributed by atoms with Crippen LogP contribution in [0.4, 0.5) is 13.2 Å². The van der Waals surface area contributed by atoms with E-state index < -0.39 is 23.8 Å². The summed E-state index contributed by atoms with van der Waals surface area (Å²) in [4.78, 5) is 10.8. The molecular weight excluding hydrogens is 235 g/mol. The molecule has 0 saturated carbocycles. The standard InChI is InChI=1S/C11H12F3NO2/c1-11(13,14)10(17)15-6-9(16)7-2-4-8(12)5-3-7/h2-5,9,16H,6H2,1H3,(H,15,17). The summed E-state index contributed by atoms with van der Waals surface area (Å²) in [5, 5.41) is 11.4. The molecule has 1 unspecified atom stereocenters. The van der Waals surface area contributed by atoms with Crippen LogP contribution >= 0.6 is 0 Å². The molecule has 1 rings (SSSR count). The monoisotopic (exact) mass is 247 g/mol. The Morgan fingerprint density at radius 1 is 1.41 bits per heavy atom. The number of alkyl halides is 2. The van der Waals surface area contributed by atoms with Crippen LogP contribution in [0.1, 0.15) is 18.6 Å². The van der Waals surface area contributed by atoms with Gasteiger partial charge in [-0.2, -0.15) is 8.78 Å². The van der Waals surface area contributed by atoms with Gasteiger partial charge < -0.3 is 10.4 Å². The lowest BCUT2D eigenvalue weighted by molar-refractivity contribution is -0.143. The van der Waals surface area contributed by atoms with E-state index >= 15 is 0 Å². The topological polar surface area (TPSA) is 49.3 Å². The lowest BCUT2D eigenvalue weighted by Gasteiger charge is -2.14. The van der Waals surface area contributed by atoms with Crippen LogP contribution in [0.5, 0.6) is 0 Å². The van der Waals surface area contributed by atoms with E-state index in [9.17, 15) is 23.1 Å². The molecule has 0 aromatic heterocycles. The summed E-state index contributed by atoms with van der Waals surface area (Å²) in [6, 6.07) is 4.90. The van der Waals surface area contributed by atoms with Crippen LogP contribution in [0.25, 0.3) is 0 Å². The van der Waals surface area contributed by atoms with E-state index in [0.29, 0.717) is 12.5 Å². The minimum absolute atomic E-state index is 0.339. The highest BCUT2D eigenvalue weighted by Crippen LogP contribution is 2.14. The van der Waals surface area contributed by atoms with Gasteiger partial charge in [-0.25, -0.2) is 4.39 Å².